The highest BCUT2D eigenvalue weighted by Crippen LogP contribution is 2.31. The summed E-state index contributed by atoms with van der Waals surface area (Å²) in [6.07, 6.45) is 5.75. The van der Waals surface area contributed by atoms with Gasteiger partial charge < -0.3 is 4.90 Å². The fraction of sp³-hybridized carbons (Fsp3) is 0.500. The molecular weight excluding hydrogens is 360 g/mol. The Hall–Kier alpha value is -2.28. The number of likely N-dealkylation sites (tertiary alicyclic amines) is 1. The summed E-state index contributed by atoms with van der Waals surface area (Å²) in [4.78, 5) is 27.3. The third kappa shape index (κ3) is 3.88. The first kappa shape index (κ1) is 18.1. The van der Waals surface area contributed by atoms with Crippen molar-refractivity contribution < 1.29 is 9.59 Å². The first-order valence-electron chi connectivity index (χ1n) is 9.64. The minimum Gasteiger partial charge on any atom is -0.330 e. The van der Waals surface area contributed by atoms with E-state index in [4.69, 9.17) is 0 Å². The van der Waals surface area contributed by atoms with Crippen molar-refractivity contribution in [3.63, 3.8) is 0 Å². The van der Waals surface area contributed by atoms with E-state index in [1.807, 2.05) is 31.2 Å². The SMILES string of the molecule is Cc1ccc(-c2nnc(NC(=O)C3CCCN3C(=O)C3CCCC3)s2)cc1. The quantitative estimate of drug-likeness (QED) is 0.873. The summed E-state index contributed by atoms with van der Waals surface area (Å²) in [5, 5.41) is 12.4. The van der Waals surface area contributed by atoms with Crippen LogP contribution in [-0.2, 0) is 9.59 Å². The Balaban J connectivity index is 1.42. The highest BCUT2D eigenvalue weighted by Gasteiger charge is 2.38. The zero-order chi connectivity index (χ0) is 18.8. The topological polar surface area (TPSA) is 75.2 Å². The Bertz CT molecular complexity index is 827. The summed E-state index contributed by atoms with van der Waals surface area (Å²) in [5.74, 6) is 0.112. The van der Waals surface area contributed by atoms with Crippen LogP contribution in [0.2, 0.25) is 0 Å². The predicted octanol–water partition coefficient (Wildman–Crippen LogP) is 3.63. The van der Waals surface area contributed by atoms with Crippen LogP contribution in [-0.4, -0.2) is 39.5 Å². The van der Waals surface area contributed by atoms with Gasteiger partial charge in [-0.1, -0.05) is 54.0 Å². The zero-order valence-corrected chi connectivity index (χ0v) is 16.3. The maximum atomic E-state index is 12.8. The van der Waals surface area contributed by atoms with Gasteiger partial charge in [0.2, 0.25) is 16.9 Å². The Labute approximate surface area is 163 Å². The average molecular weight is 385 g/mol. The first-order valence-corrected chi connectivity index (χ1v) is 10.5. The van der Waals surface area contributed by atoms with Crippen molar-refractivity contribution >= 4 is 28.3 Å². The van der Waals surface area contributed by atoms with Crippen molar-refractivity contribution in [1.29, 1.82) is 0 Å². The molecule has 7 heteroatoms. The molecule has 2 aromatic rings. The number of nitrogens with one attached hydrogen (secondary N) is 1. The van der Waals surface area contributed by atoms with E-state index in [0.29, 0.717) is 18.1 Å². The smallest absolute Gasteiger partial charge is 0.249 e. The number of carbonyl (C=O) groups excluding carboxylic acids is 2. The predicted molar refractivity (Wildman–Crippen MR) is 105 cm³/mol. The lowest BCUT2D eigenvalue weighted by atomic mass is 10.1. The number of hydrogen-bond donors (Lipinski definition) is 1. The van der Waals surface area contributed by atoms with Gasteiger partial charge in [0.1, 0.15) is 11.0 Å². The molecule has 1 aliphatic carbocycles. The third-order valence-corrected chi connectivity index (χ3v) is 6.38. The number of aromatic nitrogens is 2. The van der Waals surface area contributed by atoms with E-state index in [9.17, 15) is 9.59 Å². The van der Waals surface area contributed by atoms with Crippen LogP contribution in [0.4, 0.5) is 5.13 Å². The normalized spacial score (nSPS) is 20.2. The van der Waals surface area contributed by atoms with Gasteiger partial charge in [-0.2, -0.15) is 0 Å². The number of amides is 2. The summed E-state index contributed by atoms with van der Waals surface area (Å²) < 4.78 is 0. The molecule has 2 fully saturated rings. The van der Waals surface area contributed by atoms with Gasteiger partial charge in [-0.3, -0.25) is 14.9 Å². The number of carbonyl (C=O) groups is 2. The lowest BCUT2D eigenvalue weighted by molar-refractivity contribution is -0.140. The van der Waals surface area contributed by atoms with Gasteiger partial charge in [-0.15, -0.1) is 10.2 Å². The zero-order valence-electron chi connectivity index (χ0n) is 15.5. The maximum absolute atomic E-state index is 12.8. The summed E-state index contributed by atoms with van der Waals surface area (Å²) >= 11 is 1.36. The molecule has 27 heavy (non-hydrogen) atoms. The second-order valence-electron chi connectivity index (χ2n) is 7.44. The van der Waals surface area contributed by atoms with Crippen LogP contribution in [0.25, 0.3) is 10.6 Å². The van der Waals surface area contributed by atoms with E-state index in [-0.39, 0.29) is 23.8 Å². The van der Waals surface area contributed by atoms with Crippen molar-refractivity contribution in [2.45, 2.75) is 51.5 Å². The molecule has 1 unspecified atom stereocenters. The van der Waals surface area contributed by atoms with E-state index >= 15 is 0 Å². The van der Waals surface area contributed by atoms with Crippen molar-refractivity contribution in [2.75, 3.05) is 11.9 Å². The largest absolute Gasteiger partial charge is 0.330 e. The summed E-state index contributed by atoms with van der Waals surface area (Å²) in [7, 11) is 0. The molecule has 2 heterocycles. The molecule has 0 radical (unpaired) electrons. The van der Waals surface area contributed by atoms with Gasteiger partial charge in [0.25, 0.3) is 0 Å². The molecule has 2 amide bonds. The van der Waals surface area contributed by atoms with Crippen molar-refractivity contribution in [1.82, 2.24) is 15.1 Å². The highest BCUT2D eigenvalue weighted by molar-refractivity contribution is 7.18. The molecule has 1 atom stereocenters. The molecule has 1 saturated carbocycles. The van der Waals surface area contributed by atoms with Crippen molar-refractivity contribution in [3.8, 4) is 10.6 Å². The molecular formula is C20H24N4O2S. The van der Waals surface area contributed by atoms with Gasteiger partial charge >= 0.3 is 0 Å². The monoisotopic (exact) mass is 384 g/mol. The Kier molecular flexibility index (Phi) is 5.20. The fourth-order valence-corrected chi connectivity index (χ4v) is 4.74. The number of nitrogens with zero attached hydrogens (tertiary/aromatic N) is 3. The fourth-order valence-electron chi connectivity index (χ4n) is 3.99. The Morgan fingerprint density at radius 3 is 2.56 bits per heavy atom. The molecule has 142 valence electrons. The van der Waals surface area contributed by atoms with Crippen LogP contribution in [0, 0.1) is 12.8 Å². The number of aryl methyl sites for hydroxylation is 1. The molecule has 1 aromatic heterocycles. The maximum Gasteiger partial charge on any atom is 0.249 e. The first-order chi connectivity index (χ1) is 13.1. The summed E-state index contributed by atoms with van der Waals surface area (Å²) in [6.45, 7) is 2.72. The van der Waals surface area contributed by atoms with Gasteiger partial charge in [0.05, 0.1) is 0 Å². The van der Waals surface area contributed by atoms with Crippen LogP contribution >= 0.6 is 11.3 Å². The van der Waals surface area contributed by atoms with Gasteiger partial charge in [0.15, 0.2) is 0 Å². The van der Waals surface area contributed by atoms with Crippen LogP contribution in [0.5, 0.6) is 0 Å². The van der Waals surface area contributed by atoms with Crippen LogP contribution < -0.4 is 5.32 Å². The average Bonchev–Trinajstić information content (AvgIpc) is 3.42. The van der Waals surface area contributed by atoms with Gasteiger partial charge in [0, 0.05) is 18.0 Å². The lowest BCUT2D eigenvalue weighted by Crippen LogP contribution is -2.45. The van der Waals surface area contributed by atoms with Crippen LogP contribution in [0.15, 0.2) is 24.3 Å². The summed E-state index contributed by atoms with van der Waals surface area (Å²) in [6, 6.07) is 7.67. The molecule has 2 aliphatic rings. The van der Waals surface area contributed by atoms with E-state index < -0.39 is 0 Å². The van der Waals surface area contributed by atoms with Crippen molar-refractivity contribution in [3.05, 3.63) is 29.8 Å². The summed E-state index contributed by atoms with van der Waals surface area (Å²) in [5.41, 5.74) is 2.17. The van der Waals surface area contributed by atoms with E-state index in [2.05, 4.69) is 15.5 Å². The molecule has 0 spiro atoms. The van der Waals surface area contributed by atoms with E-state index in [1.165, 1.54) is 16.9 Å². The molecule has 1 saturated heterocycles. The minimum atomic E-state index is -0.384. The Morgan fingerprint density at radius 2 is 1.81 bits per heavy atom. The second-order valence-corrected chi connectivity index (χ2v) is 8.42. The van der Waals surface area contributed by atoms with E-state index in [1.54, 1.807) is 4.90 Å². The molecule has 1 aromatic carbocycles. The lowest BCUT2D eigenvalue weighted by Gasteiger charge is -2.26. The molecule has 0 bridgehead atoms. The molecule has 1 N–H and O–H groups in total. The van der Waals surface area contributed by atoms with E-state index in [0.717, 1.165) is 42.7 Å². The number of anilines is 1. The van der Waals surface area contributed by atoms with Gasteiger partial charge in [-0.25, -0.2) is 0 Å². The number of benzene rings is 1. The minimum absolute atomic E-state index is 0.105. The number of rotatable bonds is 4. The van der Waals surface area contributed by atoms with Gasteiger partial charge in [-0.05, 0) is 32.6 Å². The molecule has 1 aliphatic heterocycles. The van der Waals surface area contributed by atoms with Crippen LogP contribution in [0.3, 0.4) is 0 Å². The number of hydrogen-bond acceptors (Lipinski definition) is 5. The second kappa shape index (κ2) is 7.76. The third-order valence-electron chi connectivity index (χ3n) is 5.50. The standard InChI is InChI=1S/C20H24N4O2S/c1-13-8-10-14(11-9-13)18-22-23-20(27-18)21-17(25)16-7-4-12-24(16)19(26)15-5-2-3-6-15/h8-11,15-16H,2-7,12H2,1H3,(H,21,23,25). The highest BCUT2D eigenvalue weighted by atomic mass is 32.1. The van der Waals surface area contributed by atoms with Crippen LogP contribution in [0.1, 0.15) is 44.1 Å². The molecule has 4 rings (SSSR count). The molecule has 6 nitrogen and oxygen atoms in total. The van der Waals surface area contributed by atoms with Crippen molar-refractivity contribution in [2.24, 2.45) is 5.92 Å². The Morgan fingerprint density at radius 1 is 1.07 bits per heavy atom.